The van der Waals surface area contributed by atoms with Crippen LogP contribution in [0.4, 0.5) is 0 Å². The molecule has 0 spiro atoms. The van der Waals surface area contributed by atoms with Crippen LogP contribution in [0.2, 0.25) is 0 Å². The Morgan fingerprint density at radius 2 is 0.862 bits per heavy atom. The van der Waals surface area contributed by atoms with Crippen molar-refractivity contribution in [2.45, 2.75) is 0 Å². The molecule has 5 heteroatoms. The Morgan fingerprint density at radius 1 is 0.354 bits per heavy atom. The van der Waals surface area contributed by atoms with Gasteiger partial charge in [-0.1, -0.05) is 194 Å². The molecule has 10 aromatic carbocycles. The van der Waals surface area contributed by atoms with Crippen molar-refractivity contribution >= 4 is 68.5 Å². The fourth-order valence-corrected chi connectivity index (χ4v) is 15.4. The summed E-state index contributed by atoms with van der Waals surface area (Å²) in [6.07, 6.45) is 0. The van der Waals surface area contributed by atoms with Crippen molar-refractivity contribution in [2.24, 2.45) is 0 Å². The van der Waals surface area contributed by atoms with Gasteiger partial charge in [-0.05, 0) is 97.1 Å². The van der Waals surface area contributed by atoms with Gasteiger partial charge in [-0.25, -0.2) is 0 Å². The molecule has 0 saturated heterocycles. The number of ether oxygens (including phenoxy) is 1. The van der Waals surface area contributed by atoms with E-state index in [-0.39, 0.29) is 6.92 Å². The molecule has 304 valence electrons. The van der Waals surface area contributed by atoms with Crippen LogP contribution >= 0.6 is 0 Å². The molecule has 0 amide bonds. The van der Waals surface area contributed by atoms with Crippen molar-refractivity contribution in [1.29, 1.82) is 0 Å². The standard InChI is InChI=1S/C60H40BNO2Si/c1-4-16-46(17-5-1)65(47-18-6-2-7-19-47,48-20-8-3-9-21-48)49-35-30-42(31-36-49)44-38-53-52-24-12-15-27-57(52)64-61-54-39-43(32-37-58(54)63-59(40-44)60(53)61)41-28-33-45(34-29-41)62-55-25-13-10-22-50(55)51-23-11-14-26-56(51)62/h1-40H. The van der Waals surface area contributed by atoms with E-state index in [0.29, 0.717) is 0 Å². The largest absolute Gasteiger partial charge is 0.551 e. The predicted molar refractivity (Wildman–Crippen MR) is 273 cm³/mol. The van der Waals surface area contributed by atoms with Crippen molar-refractivity contribution < 1.29 is 9.39 Å². The SMILES string of the molecule is c1ccc([Si](c2ccccc2)(c2ccccc2)c2ccc(-c3cc4c5c(c3)-c3ccccc3OB5c3cc(-c5ccc(-n6c7ccccc7c7ccccc76)cc5)ccc3O4)cc2)cc1. The molecule has 13 rings (SSSR count). The third-order valence-corrected chi connectivity index (χ3v) is 18.4. The van der Waals surface area contributed by atoms with Gasteiger partial charge in [-0.3, -0.25) is 0 Å². The van der Waals surface area contributed by atoms with Gasteiger partial charge >= 0.3 is 6.92 Å². The Balaban J connectivity index is 0.888. The predicted octanol–water partition coefficient (Wildman–Crippen LogP) is 10.8. The van der Waals surface area contributed by atoms with Crippen molar-refractivity contribution in [1.82, 2.24) is 4.57 Å². The smallest absolute Gasteiger partial charge is 0.434 e. The quantitative estimate of drug-likeness (QED) is 0.118. The highest BCUT2D eigenvalue weighted by atomic mass is 28.3. The number of fused-ring (bicyclic) bond motifs is 7. The fraction of sp³-hybridized carbons (Fsp3) is 0. The second-order valence-electron chi connectivity index (χ2n) is 17.1. The first-order valence-corrected chi connectivity index (χ1v) is 24.3. The Labute approximate surface area is 379 Å². The molecule has 0 atom stereocenters. The van der Waals surface area contributed by atoms with Crippen molar-refractivity contribution in [2.75, 3.05) is 0 Å². The summed E-state index contributed by atoms with van der Waals surface area (Å²) in [5.41, 5.74) is 12.3. The number of hydrogen-bond acceptors (Lipinski definition) is 2. The molecular weight excluding hydrogens is 806 g/mol. The van der Waals surface area contributed by atoms with Gasteiger partial charge in [0.25, 0.3) is 0 Å². The first-order chi connectivity index (χ1) is 32.2. The fourth-order valence-electron chi connectivity index (χ4n) is 10.7. The zero-order valence-electron chi connectivity index (χ0n) is 35.4. The van der Waals surface area contributed by atoms with Crippen LogP contribution < -0.4 is 41.1 Å². The van der Waals surface area contributed by atoms with E-state index in [1.165, 1.54) is 42.6 Å². The molecule has 2 aliphatic rings. The topological polar surface area (TPSA) is 23.4 Å². The maximum absolute atomic E-state index is 6.95. The summed E-state index contributed by atoms with van der Waals surface area (Å²) in [6, 6.07) is 88.3. The normalized spacial score (nSPS) is 12.5. The molecule has 65 heavy (non-hydrogen) atoms. The lowest BCUT2D eigenvalue weighted by atomic mass is 9.50. The van der Waals surface area contributed by atoms with Gasteiger partial charge in [0.15, 0.2) is 8.07 Å². The molecule has 0 saturated carbocycles. The Hall–Kier alpha value is -8.12. The average molecular weight is 846 g/mol. The Morgan fingerprint density at radius 3 is 1.49 bits per heavy atom. The van der Waals surface area contributed by atoms with Crippen LogP contribution in [0.3, 0.4) is 0 Å². The molecule has 0 radical (unpaired) electrons. The number of aromatic nitrogens is 1. The van der Waals surface area contributed by atoms with Gasteiger partial charge in [0.2, 0.25) is 0 Å². The highest BCUT2D eigenvalue weighted by Crippen LogP contribution is 2.42. The van der Waals surface area contributed by atoms with E-state index in [1.807, 2.05) is 0 Å². The first-order valence-electron chi connectivity index (χ1n) is 22.3. The molecule has 1 aromatic heterocycles. The number of hydrogen-bond donors (Lipinski definition) is 0. The lowest BCUT2D eigenvalue weighted by Crippen LogP contribution is -2.74. The van der Waals surface area contributed by atoms with Crippen molar-refractivity contribution in [3.05, 3.63) is 243 Å². The minimum Gasteiger partial charge on any atom is -0.551 e. The van der Waals surface area contributed by atoms with E-state index in [9.17, 15) is 0 Å². The highest BCUT2D eigenvalue weighted by molar-refractivity contribution is 7.19. The molecular formula is C60H40BNO2Si. The third-order valence-electron chi connectivity index (χ3n) is 13.6. The van der Waals surface area contributed by atoms with Crippen LogP contribution in [-0.4, -0.2) is 19.6 Å². The van der Waals surface area contributed by atoms with E-state index in [0.717, 1.165) is 67.2 Å². The molecule has 2 aliphatic heterocycles. The minimum atomic E-state index is -2.66. The maximum atomic E-state index is 6.95. The molecule has 0 fully saturated rings. The minimum absolute atomic E-state index is 0.318. The van der Waals surface area contributed by atoms with Crippen LogP contribution in [0.5, 0.6) is 17.2 Å². The molecule has 3 nitrogen and oxygen atoms in total. The van der Waals surface area contributed by atoms with E-state index in [1.54, 1.807) is 0 Å². The van der Waals surface area contributed by atoms with Crippen LogP contribution in [0, 0.1) is 0 Å². The molecule has 0 bridgehead atoms. The van der Waals surface area contributed by atoms with Crippen molar-refractivity contribution in [3.8, 4) is 56.3 Å². The van der Waals surface area contributed by atoms with Gasteiger partial charge < -0.3 is 14.0 Å². The van der Waals surface area contributed by atoms with Crippen LogP contribution in [0.25, 0.3) is 60.9 Å². The summed E-state index contributed by atoms with van der Waals surface area (Å²) in [5.74, 6) is 2.52. The maximum Gasteiger partial charge on any atom is 0.434 e. The van der Waals surface area contributed by atoms with Gasteiger partial charge in [-0.15, -0.1) is 0 Å². The van der Waals surface area contributed by atoms with E-state index >= 15 is 0 Å². The lowest BCUT2D eigenvalue weighted by molar-refractivity contribution is 0.479. The van der Waals surface area contributed by atoms with Crippen LogP contribution in [0.15, 0.2) is 243 Å². The lowest BCUT2D eigenvalue weighted by Gasteiger charge is -2.34. The highest BCUT2D eigenvalue weighted by Gasteiger charge is 2.43. The van der Waals surface area contributed by atoms with Crippen LogP contribution in [-0.2, 0) is 0 Å². The number of benzene rings is 10. The first kappa shape index (κ1) is 37.4. The Bertz CT molecular complexity index is 3440. The molecule has 3 heterocycles. The van der Waals surface area contributed by atoms with Gasteiger partial charge in [0.05, 0.1) is 11.0 Å². The molecule has 0 aliphatic carbocycles. The summed E-state index contributed by atoms with van der Waals surface area (Å²) in [7, 11) is -2.66. The number of para-hydroxylation sites is 3. The summed E-state index contributed by atoms with van der Waals surface area (Å²) in [6.45, 7) is -0.318. The number of rotatable bonds is 7. The van der Waals surface area contributed by atoms with Gasteiger partial charge in [0.1, 0.15) is 17.2 Å². The summed E-state index contributed by atoms with van der Waals surface area (Å²) < 4.78 is 16.2. The van der Waals surface area contributed by atoms with Crippen molar-refractivity contribution in [3.63, 3.8) is 0 Å². The van der Waals surface area contributed by atoms with E-state index < -0.39 is 8.07 Å². The third kappa shape index (κ3) is 5.90. The molecule has 0 N–H and O–H groups in total. The summed E-state index contributed by atoms with van der Waals surface area (Å²) >= 11 is 0. The zero-order chi connectivity index (χ0) is 42.9. The van der Waals surface area contributed by atoms with E-state index in [4.69, 9.17) is 9.39 Å². The molecule has 11 aromatic rings. The summed E-state index contributed by atoms with van der Waals surface area (Å²) in [5, 5.41) is 7.93. The molecule has 0 unspecified atom stereocenters. The van der Waals surface area contributed by atoms with E-state index in [2.05, 4.69) is 247 Å². The Kier molecular flexibility index (Phi) is 8.65. The second kappa shape index (κ2) is 15.0. The number of nitrogens with zero attached hydrogens (tertiary/aromatic N) is 1. The monoisotopic (exact) mass is 845 g/mol. The average Bonchev–Trinajstić information content (AvgIpc) is 3.72. The van der Waals surface area contributed by atoms with Crippen LogP contribution in [0.1, 0.15) is 0 Å². The zero-order valence-corrected chi connectivity index (χ0v) is 36.4. The second-order valence-corrected chi connectivity index (χ2v) is 20.9. The summed E-state index contributed by atoms with van der Waals surface area (Å²) in [4.78, 5) is 0. The van der Waals surface area contributed by atoms with Gasteiger partial charge in [0, 0.05) is 32.9 Å². The van der Waals surface area contributed by atoms with Gasteiger partial charge in [-0.2, -0.15) is 0 Å².